The van der Waals surface area contributed by atoms with Crippen LogP contribution in [0, 0.1) is 0 Å². The molecular weight excluding hydrogens is 396 g/mol. The molecule has 6 nitrogen and oxygen atoms in total. The van der Waals surface area contributed by atoms with Crippen molar-refractivity contribution >= 4 is 46.0 Å². The molecule has 1 amide bonds. The Morgan fingerprint density at radius 1 is 1.29 bits per heavy atom. The maximum Gasteiger partial charge on any atom is 0.221 e. The molecule has 2 aromatic carbocycles. The fourth-order valence-electron chi connectivity index (χ4n) is 3.40. The SMILES string of the molecule is CNC(=O)CCSc1cc(-c2c(Cl)cc3c4c(cccc24)COC3)nc(N)n1. The van der Waals surface area contributed by atoms with Gasteiger partial charge in [-0.1, -0.05) is 29.8 Å². The number of nitrogens with one attached hydrogen (secondary N) is 1. The molecule has 1 aliphatic rings. The average molecular weight is 415 g/mol. The lowest BCUT2D eigenvalue weighted by molar-refractivity contribution is -0.120. The van der Waals surface area contributed by atoms with Crippen LogP contribution in [0.4, 0.5) is 5.95 Å². The number of ether oxygens (including phenoxy) is 1. The Hall–Kier alpha value is -2.35. The minimum atomic E-state index is -0.0106. The summed E-state index contributed by atoms with van der Waals surface area (Å²) >= 11 is 8.12. The van der Waals surface area contributed by atoms with Gasteiger partial charge in [-0.15, -0.1) is 11.8 Å². The van der Waals surface area contributed by atoms with Gasteiger partial charge in [0.15, 0.2) is 0 Å². The lowest BCUT2D eigenvalue weighted by Crippen LogP contribution is -2.17. The maximum absolute atomic E-state index is 11.4. The number of benzene rings is 2. The van der Waals surface area contributed by atoms with Crippen LogP contribution in [0.2, 0.25) is 5.02 Å². The van der Waals surface area contributed by atoms with Crippen molar-refractivity contribution in [2.45, 2.75) is 24.7 Å². The molecule has 3 N–H and O–H groups in total. The first-order chi connectivity index (χ1) is 13.6. The third kappa shape index (κ3) is 3.65. The zero-order valence-corrected chi connectivity index (χ0v) is 16.9. The van der Waals surface area contributed by atoms with E-state index in [1.54, 1.807) is 7.05 Å². The van der Waals surface area contributed by atoms with Crippen LogP contribution in [-0.2, 0) is 22.7 Å². The number of carbonyl (C=O) groups is 1. The molecule has 0 atom stereocenters. The Labute approximate surface area is 171 Å². The number of hydrogen-bond acceptors (Lipinski definition) is 6. The Balaban J connectivity index is 1.77. The minimum Gasteiger partial charge on any atom is -0.372 e. The molecule has 0 unspecified atom stereocenters. The van der Waals surface area contributed by atoms with Crippen molar-refractivity contribution in [2.24, 2.45) is 0 Å². The zero-order chi connectivity index (χ0) is 19.7. The van der Waals surface area contributed by atoms with E-state index in [0.717, 1.165) is 22.1 Å². The second-order valence-corrected chi connectivity index (χ2v) is 7.97. The minimum absolute atomic E-state index is 0.0106. The van der Waals surface area contributed by atoms with Crippen molar-refractivity contribution in [3.63, 3.8) is 0 Å². The van der Waals surface area contributed by atoms with Crippen LogP contribution in [0.15, 0.2) is 35.4 Å². The summed E-state index contributed by atoms with van der Waals surface area (Å²) in [6, 6.07) is 9.93. The summed E-state index contributed by atoms with van der Waals surface area (Å²) in [5.74, 6) is 0.771. The van der Waals surface area contributed by atoms with Crippen molar-refractivity contribution < 1.29 is 9.53 Å². The summed E-state index contributed by atoms with van der Waals surface area (Å²) in [7, 11) is 1.62. The summed E-state index contributed by atoms with van der Waals surface area (Å²) < 4.78 is 5.66. The molecule has 0 saturated heterocycles. The second kappa shape index (κ2) is 7.95. The predicted octanol–water partition coefficient (Wildman–Crippen LogP) is 3.79. The van der Waals surface area contributed by atoms with E-state index < -0.39 is 0 Å². The van der Waals surface area contributed by atoms with Gasteiger partial charge in [-0.25, -0.2) is 9.97 Å². The van der Waals surface area contributed by atoms with Crippen LogP contribution in [0.1, 0.15) is 17.5 Å². The first-order valence-corrected chi connectivity index (χ1v) is 10.2. The number of carbonyl (C=O) groups excluding carboxylic acids is 1. The molecule has 0 radical (unpaired) electrons. The van der Waals surface area contributed by atoms with Crippen LogP contribution in [-0.4, -0.2) is 28.7 Å². The summed E-state index contributed by atoms with van der Waals surface area (Å²) in [6.07, 6.45) is 0.405. The number of nitrogens with zero attached hydrogens (tertiary/aromatic N) is 2. The molecule has 2 heterocycles. The van der Waals surface area contributed by atoms with Crippen LogP contribution in [0.3, 0.4) is 0 Å². The molecule has 0 aliphatic carbocycles. The largest absolute Gasteiger partial charge is 0.372 e. The zero-order valence-electron chi connectivity index (χ0n) is 15.3. The molecule has 28 heavy (non-hydrogen) atoms. The smallest absolute Gasteiger partial charge is 0.221 e. The number of nitrogens with two attached hydrogens (primary N) is 1. The molecule has 4 rings (SSSR count). The van der Waals surface area contributed by atoms with E-state index in [4.69, 9.17) is 22.1 Å². The maximum atomic E-state index is 11.4. The molecule has 3 aromatic rings. The van der Waals surface area contributed by atoms with Crippen molar-refractivity contribution in [1.82, 2.24) is 15.3 Å². The standard InChI is InChI=1S/C20H19ClN4O2S/c1-23-16(26)5-6-28-17-8-15(24-20(22)25-17)19-13-4-2-3-11-9-27-10-12(18(11)13)7-14(19)21/h2-4,7-8H,5-6,9-10H2,1H3,(H,23,26)(H2,22,24,25). The van der Waals surface area contributed by atoms with E-state index in [0.29, 0.717) is 41.1 Å². The van der Waals surface area contributed by atoms with E-state index >= 15 is 0 Å². The van der Waals surface area contributed by atoms with Gasteiger partial charge in [0.05, 0.1) is 23.9 Å². The summed E-state index contributed by atoms with van der Waals surface area (Å²) in [5, 5.41) is 6.12. The molecule has 1 aromatic heterocycles. The molecular formula is C20H19ClN4O2S. The van der Waals surface area contributed by atoms with Crippen molar-refractivity contribution in [3.05, 3.63) is 46.5 Å². The quantitative estimate of drug-likeness (QED) is 0.487. The number of hydrogen-bond donors (Lipinski definition) is 2. The fourth-order valence-corrected chi connectivity index (χ4v) is 4.58. The number of rotatable bonds is 5. The molecule has 8 heteroatoms. The fraction of sp³-hybridized carbons (Fsp3) is 0.250. The Kier molecular flexibility index (Phi) is 5.39. The van der Waals surface area contributed by atoms with E-state index in [1.807, 2.05) is 24.3 Å². The third-order valence-electron chi connectivity index (χ3n) is 4.63. The first-order valence-electron chi connectivity index (χ1n) is 8.86. The number of nitrogen functional groups attached to an aromatic ring is 1. The van der Waals surface area contributed by atoms with E-state index in [-0.39, 0.29) is 11.9 Å². The van der Waals surface area contributed by atoms with Gasteiger partial charge in [-0.2, -0.15) is 0 Å². The summed E-state index contributed by atoms with van der Waals surface area (Å²) in [6.45, 7) is 1.12. The molecule has 144 valence electrons. The van der Waals surface area contributed by atoms with E-state index in [2.05, 4.69) is 21.4 Å². The number of aromatic nitrogens is 2. The first kappa shape index (κ1) is 19.0. The van der Waals surface area contributed by atoms with E-state index in [1.165, 1.54) is 17.1 Å². The topological polar surface area (TPSA) is 90.1 Å². The van der Waals surface area contributed by atoms with Gasteiger partial charge >= 0.3 is 0 Å². The average Bonchev–Trinajstić information content (AvgIpc) is 2.67. The highest BCUT2D eigenvalue weighted by Gasteiger charge is 2.20. The lowest BCUT2D eigenvalue weighted by atomic mass is 9.93. The van der Waals surface area contributed by atoms with Crippen LogP contribution in [0.5, 0.6) is 0 Å². The van der Waals surface area contributed by atoms with Crippen molar-refractivity contribution in [1.29, 1.82) is 0 Å². The lowest BCUT2D eigenvalue weighted by Gasteiger charge is -2.20. The molecule has 0 bridgehead atoms. The van der Waals surface area contributed by atoms with Crippen LogP contribution >= 0.6 is 23.4 Å². The Morgan fingerprint density at radius 3 is 2.93 bits per heavy atom. The van der Waals surface area contributed by atoms with Gasteiger partial charge in [0.1, 0.15) is 5.03 Å². The predicted molar refractivity (Wildman–Crippen MR) is 112 cm³/mol. The van der Waals surface area contributed by atoms with E-state index in [9.17, 15) is 4.79 Å². The summed E-state index contributed by atoms with van der Waals surface area (Å²) in [4.78, 5) is 20.2. The third-order valence-corrected chi connectivity index (χ3v) is 5.84. The van der Waals surface area contributed by atoms with Gasteiger partial charge in [0.2, 0.25) is 11.9 Å². The monoisotopic (exact) mass is 414 g/mol. The van der Waals surface area contributed by atoms with Crippen molar-refractivity contribution in [3.8, 4) is 11.3 Å². The van der Waals surface area contributed by atoms with Gasteiger partial charge in [-0.3, -0.25) is 4.79 Å². The molecule has 0 fully saturated rings. The highest BCUT2D eigenvalue weighted by molar-refractivity contribution is 7.99. The Morgan fingerprint density at radius 2 is 2.11 bits per heavy atom. The number of thioether (sulfide) groups is 1. The highest BCUT2D eigenvalue weighted by atomic mass is 35.5. The Bertz CT molecular complexity index is 1070. The molecule has 0 saturated carbocycles. The number of amides is 1. The normalized spacial score (nSPS) is 12.9. The molecule has 1 aliphatic heterocycles. The van der Waals surface area contributed by atoms with Crippen LogP contribution < -0.4 is 11.1 Å². The highest BCUT2D eigenvalue weighted by Crippen LogP contribution is 2.40. The second-order valence-electron chi connectivity index (χ2n) is 6.45. The van der Waals surface area contributed by atoms with Crippen LogP contribution in [0.25, 0.3) is 22.0 Å². The van der Waals surface area contributed by atoms with Crippen molar-refractivity contribution in [2.75, 3.05) is 18.5 Å². The number of halogens is 1. The van der Waals surface area contributed by atoms with Gasteiger partial charge in [-0.05, 0) is 34.0 Å². The summed E-state index contributed by atoms with van der Waals surface area (Å²) in [5.41, 5.74) is 9.70. The van der Waals surface area contributed by atoms with Gasteiger partial charge in [0, 0.05) is 24.8 Å². The number of anilines is 1. The molecule has 0 spiro atoms. The van der Waals surface area contributed by atoms with Gasteiger partial charge < -0.3 is 15.8 Å². The van der Waals surface area contributed by atoms with Gasteiger partial charge in [0.25, 0.3) is 0 Å².